The molecule has 0 spiro atoms. The van der Waals surface area contributed by atoms with Crippen LogP contribution in [0.15, 0.2) is 14.5 Å². The van der Waals surface area contributed by atoms with Crippen LogP contribution in [0.25, 0.3) is 0 Å². The molecule has 2 atom stereocenters. The van der Waals surface area contributed by atoms with Crippen molar-refractivity contribution in [2.24, 2.45) is 0 Å². The van der Waals surface area contributed by atoms with E-state index in [-0.39, 0.29) is 12.5 Å². The zero-order valence-electron chi connectivity index (χ0n) is 14.7. The van der Waals surface area contributed by atoms with E-state index in [2.05, 4.69) is 31.9 Å². The molecule has 0 radical (unpaired) electrons. The largest absolute Gasteiger partial charge is 0.732 e. The second kappa shape index (κ2) is 6.04. The van der Waals surface area contributed by atoms with E-state index < -0.39 is 19.0 Å². The normalized spacial score (nSPS) is 24.5. The van der Waals surface area contributed by atoms with Crippen LogP contribution in [0.2, 0.25) is 0 Å². The van der Waals surface area contributed by atoms with Crippen LogP contribution in [0.3, 0.4) is 0 Å². The molecule has 0 saturated heterocycles. The summed E-state index contributed by atoms with van der Waals surface area (Å²) in [5.74, 6) is -0.791. The number of hydrogen-bond acceptors (Lipinski definition) is 2. The fraction of sp³-hybridized carbons (Fsp3) is 0.500. The lowest BCUT2D eigenvalue weighted by Gasteiger charge is -2.40. The first-order chi connectivity index (χ1) is 11.5. The Balaban J connectivity index is 2.31. The van der Waals surface area contributed by atoms with Crippen LogP contribution in [0, 0.1) is 13.8 Å². The number of aromatic nitrogens is 1. The lowest BCUT2D eigenvalue weighted by Crippen LogP contribution is -2.59. The highest BCUT2D eigenvalue weighted by Gasteiger charge is 2.60. The summed E-state index contributed by atoms with van der Waals surface area (Å²) in [4.78, 5) is 11.4. The minimum atomic E-state index is -4.00. The van der Waals surface area contributed by atoms with Crippen LogP contribution in [-0.4, -0.2) is 40.3 Å². The van der Waals surface area contributed by atoms with Gasteiger partial charge in [-0.3, -0.25) is 4.79 Å². The van der Waals surface area contributed by atoms with Gasteiger partial charge >= 0.3 is 12.9 Å². The quantitative estimate of drug-likeness (QED) is 0.469. The van der Waals surface area contributed by atoms with Gasteiger partial charge in [0.1, 0.15) is 18.4 Å². The molecular formula is C16H19BBr2F2N2O2. The third kappa shape index (κ3) is 2.49. The number of ether oxygens (including phenoxy) is 1. The number of nitrogens with zero attached hydrogens (tertiary/aromatic N) is 2. The minimum absolute atomic E-state index is 0.0598. The van der Waals surface area contributed by atoms with Crippen molar-refractivity contribution < 1.29 is 22.6 Å². The average Bonchev–Trinajstić information content (AvgIpc) is 2.89. The van der Waals surface area contributed by atoms with Crippen LogP contribution >= 0.6 is 31.9 Å². The van der Waals surface area contributed by atoms with Gasteiger partial charge in [-0.05, 0) is 63.9 Å². The maximum atomic E-state index is 15.5. The zero-order valence-corrected chi connectivity index (χ0v) is 17.8. The Morgan fingerprint density at radius 1 is 1.28 bits per heavy atom. The molecule has 2 aliphatic rings. The van der Waals surface area contributed by atoms with Crippen molar-refractivity contribution in [1.29, 1.82) is 0 Å². The Bertz CT molecular complexity index is 861. The SMILES string of the molecule is CC(=O)OCC1c2c(C)c(Br)c(C)n2[B-](F)(F)[N+]2=C(C)C(Br)=C(C)C12. The number of allylic oxidation sites excluding steroid dienone is 1. The van der Waals surface area contributed by atoms with Crippen molar-refractivity contribution in [1.82, 2.24) is 4.48 Å². The van der Waals surface area contributed by atoms with Gasteiger partial charge in [-0.15, -0.1) is 0 Å². The van der Waals surface area contributed by atoms with Gasteiger partial charge in [0.05, 0.1) is 10.4 Å². The smallest absolute Gasteiger partial charge is 0.465 e. The molecular weight excluding hydrogens is 461 g/mol. The molecule has 1 aromatic rings. The van der Waals surface area contributed by atoms with Gasteiger partial charge in [0.25, 0.3) is 0 Å². The summed E-state index contributed by atoms with van der Waals surface area (Å²) in [5.41, 5.74) is 3.12. The molecule has 2 aliphatic heterocycles. The Kier molecular flexibility index (Phi) is 4.55. The van der Waals surface area contributed by atoms with Gasteiger partial charge in [0.15, 0.2) is 0 Å². The summed E-state index contributed by atoms with van der Waals surface area (Å²) < 4.78 is 40.0. The van der Waals surface area contributed by atoms with E-state index in [0.29, 0.717) is 26.1 Å². The van der Waals surface area contributed by atoms with Crippen LogP contribution in [0.1, 0.15) is 43.6 Å². The second-order valence-corrected chi connectivity index (χ2v) is 8.30. The van der Waals surface area contributed by atoms with Crippen molar-refractivity contribution in [2.45, 2.75) is 46.6 Å². The van der Waals surface area contributed by atoms with E-state index in [4.69, 9.17) is 4.74 Å². The topological polar surface area (TPSA) is 34.2 Å². The van der Waals surface area contributed by atoms with Crippen molar-refractivity contribution in [3.63, 3.8) is 0 Å². The molecule has 0 aliphatic carbocycles. The van der Waals surface area contributed by atoms with Gasteiger partial charge < -0.3 is 22.3 Å². The predicted molar refractivity (Wildman–Crippen MR) is 101 cm³/mol. The van der Waals surface area contributed by atoms with Crippen LogP contribution < -0.4 is 0 Å². The molecule has 2 unspecified atom stereocenters. The lowest BCUT2D eigenvalue weighted by atomic mass is 9.78. The van der Waals surface area contributed by atoms with Crippen molar-refractivity contribution in [2.75, 3.05) is 6.61 Å². The molecule has 4 nitrogen and oxygen atoms in total. The fourth-order valence-corrected chi connectivity index (χ4v) is 5.06. The number of carbonyl (C=O) groups excluding carboxylic acids is 1. The molecule has 3 heterocycles. The number of halogens is 4. The monoisotopic (exact) mass is 478 g/mol. The maximum Gasteiger partial charge on any atom is 0.732 e. The molecule has 25 heavy (non-hydrogen) atoms. The van der Waals surface area contributed by atoms with Crippen LogP contribution in [0.5, 0.6) is 0 Å². The Labute approximate surface area is 162 Å². The summed E-state index contributed by atoms with van der Waals surface area (Å²) in [6.07, 6.45) is 0. The summed E-state index contributed by atoms with van der Waals surface area (Å²) in [7, 11) is 0. The van der Waals surface area contributed by atoms with Crippen molar-refractivity contribution >= 4 is 50.5 Å². The number of rotatable bonds is 2. The van der Waals surface area contributed by atoms with Crippen molar-refractivity contribution in [3.05, 3.63) is 31.5 Å². The zero-order chi connectivity index (χ0) is 18.8. The summed E-state index contributed by atoms with van der Waals surface area (Å²) in [5, 5.41) is 0. The third-order valence-corrected chi connectivity index (χ3v) is 7.66. The first-order valence-electron chi connectivity index (χ1n) is 8.03. The number of esters is 1. The fourth-order valence-electron chi connectivity index (χ4n) is 4.23. The van der Waals surface area contributed by atoms with E-state index in [1.54, 1.807) is 13.8 Å². The van der Waals surface area contributed by atoms with Crippen LogP contribution in [-0.2, 0) is 9.53 Å². The molecule has 9 heteroatoms. The van der Waals surface area contributed by atoms with Gasteiger partial charge in [0.2, 0.25) is 0 Å². The Morgan fingerprint density at radius 3 is 2.44 bits per heavy atom. The van der Waals surface area contributed by atoms with E-state index >= 15 is 8.63 Å². The summed E-state index contributed by atoms with van der Waals surface area (Å²) in [6, 6.07) is -0.545. The van der Waals surface area contributed by atoms with Crippen LogP contribution in [0.4, 0.5) is 8.63 Å². The van der Waals surface area contributed by atoms with Gasteiger partial charge in [-0.1, -0.05) is 0 Å². The molecule has 0 bridgehead atoms. The van der Waals surface area contributed by atoms with E-state index in [9.17, 15) is 4.79 Å². The molecule has 0 amide bonds. The lowest BCUT2D eigenvalue weighted by molar-refractivity contribution is -0.466. The number of fused-ring (bicyclic) bond motifs is 2. The first kappa shape index (κ1) is 18.8. The highest BCUT2D eigenvalue weighted by Crippen LogP contribution is 2.47. The highest BCUT2D eigenvalue weighted by atomic mass is 79.9. The molecule has 1 aromatic heterocycles. The maximum absolute atomic E-state index is 15.5. The molecule has 0 N–H and O–H groups in total. The average molecular weight is 480 g/mol. The molecule has 3 rings (SSSR count). The third-order valence-electron chi connectivity index (χ3n) is 5.29. The molecule has 0 aromatic carbocycles. The summed E-state index contributed by atoms with van der Waals surface area (Å²) >= 11 is 6.90. The standard InChI is InChI=1S/C16H19BBr2F2N2O2/c1-7-13(18)9(3)22-15(7)12(6-25-11(5)24)16-8(2)14(19)10(4)23(16)17(22,20)21/h12,15H,6H2,1-5H3. The Hall–Kier alpha value is -0.955. The molecule has 0 saturated carbocycles. The highest BCUT2D eigenvalue weighted by molar-refractivity contribution is 9.12. The summed E-state index contributed by atoms with van der Waals surface area (Å²) in [6.45, 7) is 4.43. The minimum Gasteiger partial charge on any atom is -0.465 e. The molecule has 136 valence electrons. The number of carbonyl (C=O) groups is 1. The van der Waals surface area contributed by atoms with Gasteiger partial charge in [0, 0.05) is 29.6 Å². The van der Waals surface area contributed by atoms with E-state index in [1.807, 2.05) is 13.8 Å². The predicted octanol–water partition coefficient (Wildman–Crippen LogP) is 4.27. The second-order valence-electron chi connectivity index (χ2n) is 6.71. The van der Waals surface area contributed by atoms with Crippen molar-refractivity contribution in [3.8, 4) is 0 Å². The van der Waals surface area contributed by atoms with Gasteiger partial charge in [-0.2, -0.15) is 0 Å². The van der Waals surface area contributed by atoms with E-state index in [1.165, 1.54) is 11.4 Å². The van der Waals surface area contributed by atoms with E-state index in [0.717, 1.165) is 15.6 Å². The Morgan fingerprint density at radius 2 is 1.88 bits per heavy atom. The first-order valence-corrected chi connectivity index (χ1v) is 9.61. The molecule has 0 fully saturated rings. The number of hydrogen-bond donors (Lipinski definition) is 0. The van der Waals surface area contributed by atoms with Gasteiger partial charge in [-0.25, -0.2) is 0 Å².